The van der Waals surface area contributed by atoms with Crippen LogP contribution in [0.2, 0.25) is 0 Å². The Hall–Kier alpha value is -0.860. The summed E-state index contributed by atoms with van der Waals surface area (Å²) in [5, 5.41) is 0. The van der Waals surface area contributed by atoms with Gasteiger partial charge in [0.1, 0.15) is 0 Å². The van der Waals surface area contributed by atoms with Crippen molar-refractivity contribution in [3.8, 4) is 0 Å². The lowest BCUT2D eigenvalue weighted by atomic mass is 10.1. The second kappa shape index (κ2) is 7.42. The average Bonchev–Trinajstić information content (AvgIpc) is 2.36. The molecule has 1 aromatic rings. The molecule has 0 saturated carbocycles. The Balaban J connectivity index is 0.000000606. The number of piperidine rings is 1. The van der Waals surface area contributed by atoms with Gasteiger partial charge in [-0.15, -0.1) is 0 Å². The van der Waals surface area contributed by atoms with Crippen LogP contribution in [0.25, 0.3) is 0 Å². The van der Waals surface area contributed by atoms with E-state index in [1.54, 1.807) is 0 Å². The predicted molar refractivity (Wildman–Crippen MR) is 70.3 cm³/mol. The average molecular weight is 220 g/mol. The maximum Gasteiger partial charge on any atom is 0.0233 e. The summed E-state index contributed by atoms with van der Waals surface area (Å²) >= 11 is 0. The van der Waals surface area contributed by atoms with Gasteiger partial charge in [0.05, 0.1) is 0 Å². The van der Waals surface area contributed by atoms with Gasteiger partial charge in [0, 0.05) is 12.6 Å². The molecule has 2 rings (SSSR count). The van der Waals surface area contributed by atoms with Crippen LogP contribution in [-0.2, 0) is 6.54 Å². The van der Waals surface area contributed by atoms with Crippen molar-refractivity contribution in [2.75, 3.05) is 13.1 Å². The molecule has 0 amide bonds. The molecule has 1 saturated heterocycles. The van der Waals surface area contributed by atoms with Crippen LogP contribution in [0.4, 0.5) is 0 Å². The molecule has 1 aliphatic rings. The Bertz CT molecular complexity index is 263. The van der Waals surface area contributed by atoms with E-state index in [1.807, 2.05) is 13.8 Å². The van der Waals surface area contributed by atoms with Crippen molar-refractivity contribution in [3.05, 3.63) is 35.9 Å². The molecule has 0 unspecified atom stereocenters. The number of benzene rings is 1. The lowest BCUT2D eigenvalue weighted by molar-refractivity contribution is 0.205. The van der Waals surface area contributed by atoms with Crippen molar-refractivity contribution in [1.29, 1.82) is 0 Å². The van der Waals surface area contributed by atoms with Crippen molar-refractivity contribution >= 4 is 0 Å². The summed E-state index contributed by atoms with van der Waals surface area (Å²) in [7, 11) is 0. The first kappa shape index (κ1) is 13.2. The summed E-state index contributed by atoms with van der Waals surface area (Å²) < 4.78 is 0. The van der Waals surface area contributed by atoms with E-state index in [4.69, 9.17) is 5.73 Å². The highest BCUT2D eigenvalue weighted by molar-refractivity contribution is 5.14. The molecule has 0 atom stereocenters. The molecule has 90 valence electrons. The Labute approximate surface area is 99.5 Å². The lowest BCUT2D eigenvalue weighted by Crippen LogP contribution is -2.39. The maximum absolute atomic E-state index is 5.86. The van der Waals surface area contributed by atoms with E-state index < -0.39 is 0 Å². The highest BCUT2D eigenvalue weighted by Crippen LogP contribution is 2.11. The van der Waals surface area contributed by atoms with Gasteiger partial charge in [-0.05, 0) is 31.5 Å². The SMILES string of the molecule is CC.NC1CCN(Cc2ccccc2)CC1. The summed E-state index contributed by atoms with van der Waals surface area (Å²) in [5.41, 5.74) is 7.27. The third-order valence-electron chi connectivity index (χ3n) is 2.88. The third kappa shape index (κ3) is 4.33. The summed E-state index contributed by atoms with van der Waals surface area (Å²) in [6, 6.07) is 11.1. The van der Waals surface area contributed by atoms with Crippen LogP contribution in [0.5, 0.6) is 0 Å². The Kier molecular flexibility index (Phi) is 6.12. The molecule has 2 heteroatoms. The van der Waals surface area contributed by atoms with E-state index in [-0.39, 0.29) is 0 Å². The van der Waals surface area contributed by atoms with E-state index in [2.05, 4.69) is 35.2 Å². The Morgan fingerprint density at radius 1 is 1.12 bits per heavy atom. The maximum atomic E-state index is 5.86. The van der Waals surface area contributed by atoms with Gasteiger partial charge in [0.15, 0.2) is 0 Å². The van der Waals surface area contributed by atoms with Gasteiger partial charge in [-0.1, -0.05) is 44.2 Å². The van der Waals surface area contributed by atoms with E-state index in [9.17, 15) is 0 Å². The molecule has 1 heterocycles. The number of nitrogens with two attached hydrogens (primary N) is 1. The van der Waals surface area contributed by atoms with Crippen LogP contribution in [0.1, 0.15) is 32.3 Å². The highest BCUT2D eigenvalue weighted by Gasteiger charge is 2.15. The zero-order valence-electron chi connectivity index (χ0n) is 10.5. The second-order valence-electron chi connectivity index (χ2n) is 4.10. The zero-order chi connectivity index (χ0) is 11.8. The number of nitrogens with zero attached hydrogens (tertiary/aromatic N) is 1. The van der Waals surface area contributed by atoms with Gasteiger partial charge in [0.2, 0.25) is 0 Å². The molecule has 0 aromatic heterocycles. The molecule has 1 fully saturated rings. The molecule has 16 heavy (non-hydrogen) atoms. The smallest absolute Gasteiger partial charge is 0.0233 e. The molecule has 2 nitrogen and oxygen atoms in total. The van der Waals surface area contributed by atoms with Crippen LogP contribution < -0.4 is 5.73 Å². The number of likely N-dealkylation sites (tertiary alicyclic amines) is 1. The normalized spacial score (nSPS) is 17.7. The Morgan fingerprint density at radius 3 is 2.25 bits per heavy atom. The highest BCUT2D eigenvalue weighted by atomic mass is 15.1. The molecule has 1 aromatic carbocycles. The first-order valence-corrected chi connectivity index (χ1v) is 6.36. The van der Waals surface area contributed by atoms with Crippen molar-refractivity contribution in [3.63, 3.8) is 0 Å². The molecule has 1 aliphatic heterocycles. The third-order valence-corrected chi connectivity index (χ3v) is 2.88. The van der Waals surface area contributed by atoms with Crippen LogP contribution in [0.3, 0.4) is 0 Å². The number of hydrogen-bond acceptors (Lipinski definition) is 2. The van der Waals surface area contributed by atoms with E-state index in [1.165, 1.54) is 5.56 Å². The largest absolute Gasteiger partial charge is 0.328 e. The van der Waals surface area contributed by atoms with Crippen LogP contribution in [0, 0.1) is 0 Å². The fourth-order valence-electron chi connectivity index (χ4n) is 1.95. The number of rotatable bonds is 2. The fraction of sp³-hybridized carbons (Fsp3) is 0.571. The quantitative estimate of drug-likeness (QED) is 0.830. The summed E-state index contributed by atoms with van der Waals surface area (Å²) in [6.07, 6.45) is 2.29. The topological polar surface area (TPSA) is 29.3 Å². The van der Waals surface area contributed by atoms with Crippen LogP contribution in [-0.4, -0.2) is 24.0 Å². The summed E-state index contributed by atoms with van der Waals surface area (Å²) in [6.45, 7) is 7.37. The van der Waals surface area contributed by atoms with Gasteiger partial charge >= 0.3 is 0 Å². The molecular weight excluding hydrogens is 196 g/mol. The summed E-state index contributed by atoms with van der Waals surface area (Å²) in [4.78, 5) is 2.48. The minimum atomic E-state index is 0.432. The predicted octanol–water partition coefficient (Wildman–Crippen LogP) is 2.64. The summed E-state index contributed by atoms with van der Waals surface area (Å²) in [5.74, 6) is 0. The van der Waals surface area contributed by atoms with E-state index in [0.717, 1.165) is 32.5 Å². The standard InChI is InChI=1S/C12H18N2.C2H6/c13-12-6-8-14(9-7-12)10-11-4-2-1-3-5-11;1-2/h1-5,12H,6-10,13H2;1-2H3. The molecule has 0 aliphatic carbocycles. The van der Waals surface area contributed by atoms with Crippen molar-refractivity contribution in [2.24, 2.45) is 5.73 Å². The molecule has 0 bridgehead atoms. The zero-order valence-corrected chi connectivity index (χ0v) is 10.5. The van der Waals surface area contributed by atoms with Gasteiger partial charge in [0.25, 0.3) is 0 Å². The molecule has 2 N–H and O–H groups in total. The first-order chi connectivity index (χ1) is 7.84. The monoisotopic (exact) mass is 220 g/mol. The lowest BCUT2D eigenvalue weighted by Gasteiger charge is -2.29. The molecule has 0 spiro atoms. The van der Waals surface area contributed by atoms with Gasteiger partial charge in [-0.25, -0.2) is 0 Å². The minimum absolute atomic E-state index is 0.432. The molecular formula is C14H24N2. The second-order valence-corrected chi connectivity index (χ2v) is 4.10. The van der Waals surface area contributed by atoms with E-state index in [0.29, 0.717) is 6.04 Å². The Morgan fingerprint density at radius 2 is 1.69 bits per heavy atom. The number of hydrogen-bond donors (Lipinski definition) is 1. The fourth-order valence-corrected chi connectivity index (χ4v) is 1.95. The van der Waals surface area contributed by atoms with Gasteiger partial charge < -0.3 is 5.73 Å². The van der Waals surface area contributed by atoms with Crippen molar-refractivity contribution in [1.82, 2.24) is 4.90 Å². The van der Waals surface area contributed by atoms with Gasteiger partial charge in [-0.2, -0.15) is 0 Å². The minimum Gasteiger partial charge on any atom is -0.328 e. The van der Waals surface area contributed by atoms with Crippen molar-refractivity contribution in [2.45, 2.75) is 39.3 Å². The van der Waals surface area contributed by atoms with E-state index >= 15 is 0 Å². The first-order valence-electron chi connectivity index (χ1n) is 6.36. The molecule has 0 radical (unpaired) electrons. The van der Waals surface area contributed by atoms with Crippen LogP contribution in [0.15, 0.2) is 30.3 Å². The van der Waals surface area contributed by atoms with Gasteiger partial charge in [-0.3, -0.25) is 4.90 Å². The van der Waals surface area contributed by atoms with Crippen LogP contribution >= 0.6 is 0 Å². The van der Waals surface area contributed by atoms with Crippen molar-refractivity contribution < 1.29 is 0 Å².